The van der Waals surface area contributed by atoms with Crippen molar-refractivity contribution in [2.24, 2.45) is 0 Å². The summed E-state index contributed by atoms with van der Waals surface area (Å²) in [6, 6.07) is 6.30. The summed E-state index contributed by atoms with van der Waals surface area (Å²) < 4.78 is 40.1. The van der Waals surface area contributed by atoms with Crippen molar-refractivity contribution in [2.75, 3.05) is 6.54 Å². The number of hydrogen-bond donors (Lipinski definition) is 1. The Kier molecular flexibility index (Phi) is 5.26. The Morgan fingerprint density at radius 2 is 1.71 bits per heavy atom. The topological polar surface area (TPSA) is 12.0 Å². The van der Waals surface area contributed by atoms with Crippen molar-refractivity contribution in [1.82, 2.24) is 5.32 Å². The molecule has 2 aromatic rings. The molecule has 2 rings (SSSR count). The van der Waals surface area contributed by atoms with Crippen LogP contribution in [-0.2, 0) is 6.54 Å². The van der Waals surface area contributed by atoms with Crippen LogP contribution in [-0.4, -0.2) is 6.54 Å². The molecule has 112 valence electrons. The molecule has 0 bridgehead atoms. The van der Waals surface area contributed by atoms with Crippen LogP contribution in [0.4, 0.5) is 13.2 Å². The van der Waals surface area contributed by atoms with Crippen molar-refractivity contribution in [3.8, 4) is 11.1 Å². The lowest BCUT2D eigenvalue weighted by Gasteiger charge is -2.10. The molecule has 0 aromatic heterocycles. The Morgan fingerprint density at radius 1 is 1.00 bits per heavy atom. The molecular formula is C16H15ClF3N. The molecule has 0 aliphatic rings. The van der Waals surface area contributed by atoms with Gasteiger partial charge >= 0.3 is 0 Å². The van der Waals surface area contributed by atoms with Gasteiger partial charge < -0.3 is 5.32 Å². The van der Waals surface area contributed by atoms with Crippen LogP contribution >= 0.6 is 11.6 Å². The van der Waals surface area contributed by atoms with E-state index in [1.165, 1.54) is 0 Å². The first-order valence-corrected chi connectivity index (χ1v) is 7.04. The summed E-state index contributed by atoms with van der Waals surface area (Å²) >= 11 is 6.09. The van der Waals surface area contributed by atoms with Gasteiger partial charge in [-0.25, -0.2) is 13.2 Å². The lowest BCUT2D eigenvalue weighted by molar-refractivity contribution is 0.496. The van der Waals surface area contributed by atoms with Crippen molar-refractivity contribution >= 4 is 11.6 Å². The fourth-order valence-electron chi connectivity index (χ4n) is 2.02. The van der Waals surface area contributed by atoms with Crippen molar-refractivity contribution in [3.63, 3.8) is 0 Å². The van der Waals surface area contributed by atoms with Gasteiger partial charge in [-0.1, -0.05) is 24.6 Å². The zero-order valence-electron chi connectivity index (χ0n) is 11.5. The lowest BCUT2D eigenvalue weighted by Crippen LogP contribution is -2.14. The van der Waals surface area contributed by atoms with E-state index in [2.05, 4.69) is 5.32 Å². The molecule has 0 atom stereocenters. The highest BCUT2D eigenvalue weighted by Gasteiger charge is 2.12. The Bertz CT molecular complexity index is 644. The van der Waals surface area contributed by atoms with E-state index in [9.17, 15) is 13.2 Å². The smallest absolute Gasteiger partial charge is 0.161 e. The predicted octanol–water partition coefficient (Wildman–Crippen LogP) is 4.92. The van der Waals surface area contributed by atoms with Crippen LogP contribution in [0, 0.1) is 17.5 Å². The maximum atomic E-state index is 13.8. The Morgan fingerprint density at radius 3 is 2.43 bits per heavy atom. The Labute approximate surface area is 126 Å². The summed E-state index contributed by atoms with van der Waals surface area (Å²) in [5.74, 6) is -3.08. The van der Waals surface area contributed by atoms with Gasteiger partial charge in [-0.2, -0.15) is 0 Å². The van der Waals surface area contributed by atoms with E-state index in [0.717, 1.165) is 24.6 Å². The molecule has 5 heteroatoms. The third-order valence-corrected chi connectivity index (χ3v) is 3.48. The van der Waals surface area contributed by atoms with E-state index in [0.29, 0.717) is 23.2 Å². The van der Waals surface area contributed by atoms with Gasteiger partial charge in [0.2, 0.25) is 0 Å². The van der Waals surface area contributed by atoms with Crippen molar-refractivity contribution < 1.29 is 13.2 Å². The number of rotatable bonds is 5. The standard InChI is InChI=1S/C16H15ClF3N/c1-2-5-21-9-11-6-10(3-4-13(11)17)12-7-15(19)16(20)8-14(12)18/h3-4,6-8,21H,2,5,9H2,1H3. The second kappa shape index (κ2) is 6.96. The molecule has 0 fully saturated rings. The van der Waals surface area contributed by atoms with E-state index >= 15 is 0 Å². The third kappa shape index (κ3) is 3.77. The Hall–Kier alpha value is -1.52. The van der Waals surface area contributed by atoms with Crippen LogP contribution in [0.5, 0.6) is 0 Å². The van der Waals surface area contributed by atoms with Gasteiger partial charge in [0.25, 0.3) is 0 Å². The second-order valence-corrected chi connectivity index (χ2v) is 5.14. The van der Waals surface area contributed by atoms with Gasteiger partial charge in [0, 0.05) is 23.2 Å². The largest absolute Gasteiger partial charge is 0.313 e. The molecule has 1 nitrogen and oxygen atoms in total. The fourth-order valence-corrected chi connectivity index (χ4v) is 2.21. The lowest BCUT2D eigenvalue weighted by atomic mass is 10.0. The maximum Gasteiger partial charge on any atom is 0.161 e. The molecule has 0 spiro atoms. The first-order valence-electron chi connectivity index (χ1n) is 6.67. The fraction of sp³-hybridized carbons (Fsp3) is 0.250. The molecule has 0 saturated heterocycles. The van der Waals surface area contributed by atoms with E-state index < -0.39 is 17.5 Å². The minimum Gasteiger partial charge on any atom is -0.313 e. The number of benzene rings is 2. The molecule has 1 N–H and O–H groups in total. The zero-order chi connectivity index (χ0) is 15.4. The molecule has 0 radical (unpaired) electrons. The van der Waals surface area contributed by atoms with Gasteiger partial charge in [-0.3, -0.25) is 0 Å². The highest BCUT2D eigenvalue weighted by atomic mass is 35.5. The predicted molar refractivity (Wildman–Crippen MR) is 78.8 cm³/mol. The first-order chi connectivity index (χ1) is 10.0. The van der Waals surface area contributed by atoms with Crippen LogP contribution in [0.2, 0.25) is 5.02 Å². The zero-order valence-corrected chi connectivity index (χ0v) is 12.3. The molecule has 0 amide bonds. The van der Waals surface area contributed by atoms with E-state index in [-0.39, 0.29) is 5.56 Å². The molecule has 0 unspecified atom stereocenters. The van der Waals surface area contributed by atoms with Gasteiger partial charge in [-0.05, 0) is 42.3 Å². The van der Waals surface area contributed by atoms with E-state index in [4.69, 9.17) is 11.6 Å². The van der Waals surface area contributed by atoms with Crippen LogP contribution in [0.15, 0.2) is 30.3 Å². The van der Waals surface area contributed by atoms with Gasteiger partial charge in [0.15, 0.2) is 11.6 Å². The molecule has 0 aliphatic carbocycles. The molecule has 0 aliphatic heterocycles. The minimum absolute atomic E-state index is 0.0160. The average molecular weight is 314 g/mol. The third-order valence-electron chi connectivity index (χ3n) is 3.11. The van der Waals surface area contributed by atoms with E-state index in [1.807, 2.05) is 6.92 Å². The van der Waals surface area contributed by atoms with Gasteiger partial charge in [0.05, 0.1) is 0 Å². The van der Waals surface area contributed by atoms with Crippen LogP contribution in [0.1, 0.15) is 18.9 Å². The summed E-state index contributed by atoms with van der Waals surface area (Å²) in [6.07, 6.45) is 0.981. The van der Waals surface area contributed by atoms with Crippen molar-refractivity contribution in [2.45, 2.75) is 19.9 Å². The van der Waals surface area contributed by atoms with Crippen molar-refractivity contribution in [1.29, 1.82) is 0 Å². The summed E-state index contributed by atoms with van der Waals surface area (Å²) in [5.41, 5.74) is 1.26. The van der Waals surface area contributed by atoms with Crippen LogP contribution in [0.25, 0.3) is 11.1 Å². The van der Waals surface area contributed by atoms with E-state index in [1.54, 1.807) is 18.2 Å². The summed E-state index contributed by atoms with van der Waals surface area (Å²) in [6.45, 7) is 3.41. The minimum atomic E-state index is -1.20. The van der Waals surface area contributed by atoms with Crippen LogP contribution in [0.3, 0.4) is 0 Å². The highest BCUT2D eigenvalue weighted by Crippen LogP contribution is 2.28. The molecular weight excluding hydrogens is 299 g/mol. The number of nitrogens with one attached hydrogen (secondary N) is 1. The molecule has 21 heavy (non-hydrogen) atoms. The quantitative estimate of drug-likeness (QED) is 0.610. The molecule has 0 heterocycles. The monoisotopic (exact) mass is 313 g/mol. The number of hydrogen-bond acceptors (Lipinski definition) is 1. The molecule has 2 aromatic carbocycles. The van der Waals surface area contributed by atoms with Gasteiger partial charge in [0.1, 0.15) is 5.82 Å². The normalized spacial score (nSPS) is 10.9. The summed E-state index contributed by atoms with van der Waals surface area (Å²) in [7, 11) is 0. The summed E-state index contributed by atoms with van der Waals surface area (Å²) in [4.78, 5) is 0. The Balaban J connectivity index is 2.36. The van der Waals surface area contributed by atoms with Gasteiger partial charge in [-0.15, -0.1) is 0 Å². The van der Waals surface area contributed by atoms with Crippen LogP contribution < -0.4 is 5.32 Å². The van der Waals surface area contributed by atoms with Crippen molar-refractivity contribution in [3.05, 3.63) is 58.4 Å². The highest BCUT2D eigenvalue weighted by molar-refractivity contribution is 6.31. The maximum absolute atomic E-state index is 13.8. The first kappa shape index (κ1) is 15.9. The average Bonchev–Trinajstić information content (AvgIpc) is 2.45. The SMILES string of the molecule is CCCNCc1cc(-c2cc(F)c(F)cc2F)ccc1Cl. The second-order valence-electron chi connectivity index (χ2n) is 4.73. The molecule has 0 saturated carbocycles. The summed E-state index contributed by atoms with van der Waals surface area (Å²) in [5, 5.41) is 3.74. The number of halogens is 4.